The van der Waals surface area contributed by atoms with Crippen LogP contribution in [0.3, 0.4) is 0 Å². The van der Waals surface area contributed by atoms with Gasteiger partial charge in [-0.3, -0.25) is 10.1 Å². The Labute approximate surface area is 164 Å². The van der Waals surface area contributed by atoms with E-state index < -0.39 is 10.0 Å². The predicted octanol–water partition coefficient (Wildman–Crippen LogP) is 2.06. The molecule has 0 bridgehead atoms. The minimum absolute atomic E-state index is 0.108. The van der Waals surface area contributed by atoms with Gasteiger partial charge in [0.25, 0.3) is 0 Å². The molecule has 28 heavy (non-hydrogen) atoms. The van der Waals surface area contributed by atoms with E-state index >= 15 is 0 Å². The lowest BCUT2D eigenvalue weighted by Crippen LogP contribution is -2.39. The minimum atomic E-state index is -3.62. The number of carbonyl (C=O) groups is 1. The molecule has 1 aromatic heterocycles. The molecule has 0 aliphatic heterocycles. The van der Waals surface area contributed by atoms with Gasteiger partial charge in [0.15, 0.2) is 0 Å². The number of rotatable bonds is 7. The molecule has 1 atom stereocenters. The maximum Gasteiger partial charge on any atom is 0.240 e. The summed E-state index contributed by atoms with van der Waals surface area (Å²) in [6, 6.07) is 6.04. The predicted molar refractivity (Wildman–Crippen MR) is 105 cm³/mol. The van der Waals surface area contributed by atoms with Crippen LogP contribution in [0.25, 0.3) is 0 Å². The maximum absolute atomic E-state index is 12.6. The first-order valence-corrected chi connectivity index (χ1v) is 10.7. The van der Waals surface area contributed by atoms with Crippen molar-refractivity contribution < 1.29 is 17.9 Å². The molecule has 1 aliphatic rings. The molecule has 2 N–H and O–H groups in total. The zero-order valence-corrected chi connectivity index (χ0v) is 16.8. The number of amides is 1. The summed E-state index contributed by atoms with van der Waals surface area (Å²) in [5.41, 5.74) is 1.74. The molecule has 1 aliphatic carbocycles. The zero-order chi connectivity index (χ0) is 20.1. The highest BCUT2D eigenvalue weighted by Gasteiger charge is 2.25. The van der Waals surface area contributed by atoms with Crippen molar-refractivity contribution in [3.63, 3.8) is 0 Å². The highest BCUT2D eigenvalue weighted by Crippen LogP contribution is 2.22. The largest absolute Gasteiger partial charge is 0.497 e. The number of hydrogen-bond donors (Lipinski definition) is 2. The van der Waals surface area contributed by atoms with Gasteiger partial charge < -0.3 is 4.74 Å². The second-order valence-electron chi connectivity index (χ2n) is 6.70. The Morgan fingerprint density at radius 2 is 2.04 bits per heavy atom. The Hall–Kier alpha value is -2.52. The first kappa shape index (κ1) is 20.2. The maximum atomic E-state index is 12.6. The molecular formula is C19H24N4O4S. The number of anilines is 1. The van der Waals surface area contributed by atoms with Crippen molar-refractivity contribution in [3.05, 3.63) is 41.7 Å². The summed E-state index contributed by atoms with van der Waals surface area (Å²) >= 11 is 0. The number of methoxy groups -OCH3 is 1. The molecule has 0 fully saturated rings. The van der Waals surface area contributed by atoms with Crippen LogP contribution in [-0.2, 0) is 27.7 Å². The van der Waals surface area contributed by atoms with Gasteiger partial charge in [-0.15, -0.1) is 0 Å². The van der Waals surface area contributed by atoms with Crippen LogP contribution in [0.5, 0.6) is 5.75 Å². The SMILES string of the molecule is CCCC(=O)Nc1ncc2c(n1)CCC(NS(=O)(=O)c1ccc(OC)cc1)C2. The fourth-order valence-electron chi connectivity index (χ4n) is 3.12. The quantitative estimate of drug-likeness (QED) is 0.731. The second kappa shape index (κ2) is 8.66. The van der Waals surface area contributed by atoms with Crippen molar-refractivity contribution in [1.82, 2.24) is 14.7 Å². The van der Waals surface area contributed by atoms with Crippen LogP contribution in [0.15, 0.2) is 35.4 Å². The number of benzene rings is 1. The van der Waals surface area contributed by atoms with Gasteiger partial charge in [-0.05, 0) is 55.5 Å². The summed E-state index contributed by atoms with van der Waals surface area (Å²) in [7, 11) is -2.09. The van der Waals surface area contributed by atoms with Crippen molar-refractivity contribution >= 4 is 21.9 Å². The molecule has 8 nitrogen and oxygen atoms in total. The summed E-state index contributed by atoms with van der Waals surface area (Å²) in [4.78, 5) is 20.5. The van der Waals surface area contributed by atoms with E-state index in [1.165, 1.54) is 19.2 Å². The Morgan fingerprint density at radius 3 is 2.71 bits per heavy atom. The average molecular weight is 404 g/mol. The second-order valence-corrected chi connectivity index (χ2v) is 8.41. The van der Waals surface area contributed by atoms with Crippen LogP contribution in [0, 0.1) is 0 Å². The Morgan fingerprint density at radius 1 is 1.29 bits per heavy atom. The third-order valence-electron chi connectivity index (χ3n) is 4.57. The number of fused-ring (bicyclic) bond motifs is 1. The number of hydrogen-bond acceptors (Lipinski definition) is 6. The van der Waals surface area contributed by atoms with Gasteiger partial charge >= 0.3 is 0 Å². The standard InChI is InChI=1S/C19H24N4O4S/c1-3-4-18(24)22-19-20-12-13-11-14(5-10-17(13)21-19)23-28(25,26)16-8-6-15(27-2)7-9-16/h6-9,12,14,23H,3-5,10-11H2,1-2H3,(H,20,21,22,24). The van der Waals surface area contributed by atoms with Gasteiger partial charge in [-0.1, -0.05) is 6.92 Å². The van der Waals surface area contributed by atoms with E-state index in [0.29, 0.717) is 37.4 Å². The van der Waals surface area contributed by atoms with E-state index in [1.807, 2.05) is 6.92 Å². The van der Waals surface area contributed by atoms with Crippen molar-refractivity contribution in [1.29, 1.82) is 0 Å². The molecule has 1 heterocycles. The first-order chi connectivity index (χ1) is 13.4. The van der Waals surface area contributed by atoms with Gasteiger partial charge in [0.2, 0.25) is 21.9 Å². The number of nitrogens with zero attached hydrogens (tertiary/aromatic N) is 2. The van der Waals surface area contributed by atoms with Gasteiger partial charge in [-0.25, -0.2) is 23.1 Å². The lowest BCUT2D eigenvalue weighted by atomic mass is 9.94. The van der Waals surface area contributed by atoms with E-state index in [-0.39, 0.29) is 16.8 Å². The summed E-state index contributed by atoms with van der Waals surface area (Å²) in [6.07, 6.45) is 4.60. The molecular weight excluding hydrogens is 380 g/mol. The highest BCUT2D eigenvalue weighted by atomic mass is 32.2. The summed E-state index contributed by atoms with van der Waals surface area (Å²) in [5, 5.41) is 2.69. The smallest absolute Gasteiger partial charge is 0.240 e. The Kier molecular flexibility index (Phi) is 6.25. The van der Waals surface area contributed by atoms with Crippen LogP contribution in [-0.4, -0.2) is 37.4 Å². The number of sulfonamides is 1. The molecule has 0 radical (unpaired) electrons. The van der Waals surface area contributed by atoms with E-state index in [4.69, 9.17) is 4.74 Å². The van der Waals surface area contributed by atoms with Gasteiger partial charge in [0.1, 0.15) is 5.75 Å². The van der Waals surface area contributed by atoms with Crippen LogP contribution >= 0.6 is 0 Å². The van der Waals surface area contributed by atoms with E-state index in [2.05, 4.69) is 20.0 Å². The number of nitrogens with one attached hydrogen (secondary N) is 2. The molecule has 1 aromatic carbocycles. The molecule has 0 spiro atoms. The normalized spacial score (nSPS) is 16.3. The van der Waals surface area contributed by atoms with Crippen molar-refractivity contribution in [2.45, 2.75) is 50.0 Å². The first-order valence-electron chi connectivity index (χ1n) is 9.22. The van der Waals surface area contributed by atoms with Crippen LogP contribution in [0.2, 0.25) is 0 Å². The van der Waals surface area contributed by atoms with E-state index in [1.54, 1.807) is 18.3 Å². The molecule has 0 saturated carbocycles. The lowest BCUT2D eigenvalue weighted by molar-refractivity contribution is -0.116. The molecule has 2 aromatic rings. The number of aryl methyl sites for hydroxylation is 1. The van der Waals surface area contributed by atoms with E-state index in [0.717, 1.165) is 17.7 Å². The number of aromatic nitrogens is 2. The van der Waals surface area contributed by atoms with Crippen LogP contribution < -0.4 is 14.8 Å². The third kappa shape index (κ3) is 4.85. The summed E-state index contributed by atoms with van der Waals surface area (Å²) in [6.45, 7) is 1.93. The number of ether oxygens (including phenoxy) is 1. The van der Waals surface area contributed by atoms with Gasteiger partial charge in [0, 0.05) is 24.4 Å². The fourth-order valence-corrected chi connectivity index (χ4v) is 4.40. The molecule has 1 unspecified atom stereocenters. The zero-order valence-electron chi connectivity index (χ0n) is 15.9. The van der Waals surface area contributed by atoms with Crippen LogP contribution in [0.1, 0.15) is 37.4 Å². The monoisotopic (exact) mass is 404 g/mol. The van der Waals surface area contributed by atoms with E-state index in [9.17, 15) is 13.2 Å². The topological polar surface area (TPSA) is 110 Å². The molecule has 1 amide bonds. The van der Waals surface area contributed by atoms with Crippen LogP contribution in [0.4, 0.5) is 5.95 Å². The number of carbonyl (C=O) groups excluding carboxylic acids is 1. The third-order valence-corrected chi connectivity index (χ3v) is 6.11. The molecule has 150 valence electrons. The minimum Gasteiger partial charge on any atom is -0.497 e. The van der Waals surface area contributed by atoms with Crippen molar-refractivity contribution in [3.8, 4) is 5.75 Å². The average Bonchev–Trinajstić information content (AvgIpc) is 2.68. The summed E-state index contributed by atoms with van der Waals surface area (Å²) < 4.78 is 33.1. The molecule has 9 heteroatoms. The highest BCUT2D eigenvalue weighted by molar-refractivity contribution is 7.89. The fraction of sp³-hybridized carbons (Fsp3) is 0.421. The molecule has 0 saturated heterocycles. The Balaban J connectivity index is 1.66. The lowest BCUT2D eigenvalue weighted by Gasteiger charge is -2.24. The summed E-state index contributed by atoms with van der Waals surface area (Å²) in [5.74, 6) is 0.794. The Bertz CT molecular complexity index is 945. The van der Waals surface area contributed by atoms with Crippen molar-refractivity contribution in [2.24, 2.45) is 0 Å². The molecule has 3 rings (SSSR count). The van der Waals surface area contributed by atoms with Crippen molar-refractivity contribution in [2.75, 3.05) is 12.4 Å². The van der Waals surface area contributed by atoms with Gasteiger partial charge in [-0.2, -0.15) is 0 Å². The van der Waals surface area contributed by atoms with Gasteiger partial charge in [0.05, 0.1) is 12.0 Å².